The number of nitrogens with one attached hydrogen (secondary N) is 1. The Bertz CT molecular complexity index is 556. The molecule has 0 aromatic heterocycles. The molecular formula is C11H14Cl3NO2S. The average Bonchev–Trinajstić information content (AvgIpc) is 2.21. The lowest BCUT2D eigenvalue weighted by atomic mass is 10.0. The number of hydrogen-bond donors (Lipinski definition) is 1. The largest absolute Gasteiger partial charge is 0.242 e. The van der Waals surface area contributed by atoms with E-state index in [-0.39, 0.29) is 20.0 Å². The van der Waals surface area contributed by atoms with Crippen molar-refractivity contribution in [3.63, 3.8) is 0 Å². The van der Waals surface area contributed by atoms with E-state index in [9.17, 15) is 8.42 Å². The first-order valence-corrected chi connectivity index (χ1v) is 7.89. The summed E-state index contributed by atoms with van der Waals surface area (Å²) >= 11 is 17.5. The molecule has 0 saturated heterocycles. The van der Waals surface area contributed by atoms with Crippen molar-refractivity contribution in [2.75, 3.05) is 0 Å². The fraction of sp³-hybridized carbons (Fsp3) is 0.455. The van der Waals surface area contributed by atoms with Gasteiger partial charge in [0.05, 0.1) is 15.1 Å². The van der Waals surface area contributed by atoms with Crippen LogP contribution in [0.4, 0.5) is 0 Å². The second-order valence-electron chi connectivity index (χ2n) is 4.54. The van der Waals surface area contributed by atoms with E-state index in [2.05, 4.69) is 4.72 Å². The predicted molar refractivity (Wildman–Crippen MR) is 76.2 cm³/mol. The molecule has 0 spiro atoms. The Balaban J connectivity index is 3.26. The van der Waals surface area contributed by atoms with Crippen LogP contribution >= 0.6 is 34.8 Å². The van der Waals surface area contributed by atoms with E-state index < -0.39 is 15.6 Å². The maximum atomic E-state index is 12.2. The lowest BCUT2D eigenvalue weighted by Crippen LogP contribution is -2.42. The third kappa shape index (κ3) is 3.75. The normalized spacial score (nSPS) is 12.8. The van der Waals surface area contributed by atoms with Crippen LogP contribution < -0.4 is 4.72 Å². The van der Waals surface area contributed by atoms with Crippen LogP contribution in [-0.2, 0) is 10.0 Å². The van der Waals surface area contributed by atoms with Crippen molar-refractivity contribution < 1.29 is 8.42 Å². The highest BCUT2D eigenvalue weighted by molar-refractivity contribution is 7.89. The highest BCUT2D eigenvalue weighted by atomic mass is 35.5. The summed E-state index contributed by atoms with van der Waals surface area (Å²) in [6, 6.07) is 2.57. The van der Waals surface area contributed by atoms with E-state index >= 15 is 0 Å². The summed E-state index contributed by atoms with van der Waals surface area (Å²) in [7, 11) is -3.73. The van der Waals surface area contributed by atoms with Crippen LogP contribution in [0.1, 0.15) is 27.2 Å². The van der Waals surface area contributed by atoms with Crippen LogP contribution in [0.25, 0.3) is 0 Å². The lowest BCUT2D eigenvalue weighted by Gasteiger charge is -2.24. The van der Waals surface area contributed by atoms with Gasteiger partial charge in [0.25, 0.3) is 0 Å². The van der Waals surface area contributed by atoms with E-state index in [1.807, 2.05) is 6.92 Å². The van der Waals surface area contributed by atoms with Crippen LogP contribution in [-0.4, -0.2) is 14.0 Å². The van der Waals surface area contributed by atoms with Crippen LogP contribution in [0.2, 0.25) is 15.1 Å². The molecule has 1 aromatic carbocycles. The van der Waals surface area contributed by atoms with E-state index in [1.165, 1.54) is 12.1 Å². The third-order valence-corrected chi connectivity index (χ3v) is 5.44. The standard InChI is InChI=1S/C11H14Cl3NO2S/c1-4-11(2,3)15-18(16,17)10-6-8(13)7(12)5-9(10)14/h5-6,15H,4H2,1-3H3. The van der Waals surface area contributed by atoms with Gasteiger partial charge in [-0.15, -0.1) is 0 Å². The Labute approximate surface area is 122 Å². The summed E-state index contributed by atoms with van der Waals surface area (Å²) in [6.45, 7) is 5.46. The molecule has 0 aliphatic rings. The SMILES string of the molecule is CCC(C)(C)NS(=O)(=O)c1cc(Cl)c(Cl)cc1Cl. The molecule has 0 bridgehead atoms. The number of benzene rings is 1. The van der Waals surface area contributed by atoms with Gasteiger partial charge in [0.2, 0.25) is 10.0 Å². The van der Waals surface area contributed by atoms with Gasteiger partial charge in [-0.1, -0.05) is 41.7 Å². The Morgan fingerprint density at radius 1 is 1.11 bits per heavy atom. The molecule has 0 aliphatic carbocycles. The molecule has 0 fully saturated rings. The van der Waals surface area contributed by atoms with Crippen molar-refractivity contribution in [3.8, 4) is 0 Å². The quantitative estimate of drug-likeness (QED) is 0.844. The highest BCUT2D eigenvalue weighted by Crippen LogP contribution is 2.32. The topological polar surface area (TPSA) is 46.2 Å². The van der Waals surface area contributed by atoms with Crippen molar-refractivity contribution >= 4 is 44.8 Å². The van der Waals surface area contributed by atoms with Crippen LogP contribution in [0.3, 0.4) is 0 Å². The van der Waals surface area contributed by atoms with E-state index in [1.54, 1.807) is 13.8 Å². The maximum Gasteiger partial charge on any atom is 0.242 e. The van der Waals surface area contributed by atoms with Crippen LogP contribution in [0.15, 0.2) is 17.0 Å². The third-order valence-electron chi connectivity index (χ3n) is 2.56. The number of halogens is 3. The Morgan fingerprint density at radius 2 is 1.61 bits per heavy atom. The summed E-state index contributed by atoms with van der Waals surface area (Å²) < 4.78 is 27.0. The minimum Gasteiger partial charge on any atom is -0.207 e. The molecular weight excluding hydrogens is 317 g/mol. The molecule has 0 amide bonds. The summed E-state index contributed by atoms with van der Waals surface area (Å²) in [5.41, 5.74) is -0.561. The number of hydrogen-bond acceptors (Lipinski definition) is 2. The number of sulfonamides is 1. The molecule has 18 heavy (non-hydrogen) atoms. The smallest absolute Gasteiger partial charge is 0.207 e. The monoisotopic (exact) mass is 329 g/mol. The van der Waals surface area contributed by atoms with Crippen molar-refractivity contribution in [1.29, 1.82) is 0 Å². The number of rotatable bonds is 4. The average molecular weight is 331 g/mol. The summed E-state index contributed by atoms with van der Waals surface area (Å²) in [4.78, 5) is -0.0694. The molecule has 0 heterocycles. The zero-order valence-corrected chi connectivity index (χ0v) is 13.3. The van der Waals surface area contributed by atoms with Gasteiger partial charge in [-0.05, 0) is 32.4 Å². The molecule has 102 valence electrons. The molecule has 3 nitrogen and oxygen atoms in total. The molecule has 0 atom stereocenters. The van der Waals surface area contributed by atoms with Gasteiger partial charge < -0.3 is 0 Å². The molecule has 1 rings (SSSR count). The van der Waals surface area contributed by atoms with Crippen molar-refractivity contribution in [2.45, 2.75) is 37.6 Å². The van der Waals surface area contributed by atoms with E-state index in [0.717, 1.165) is 0 Å². The van der Waals surface area contributed by atoms with Crippen LogP contribution in [0, 0.1) is 0 Å². The molecule has 0 aliphatic heterocycles. The van der Waals surface area contributed by atoms with Gasteiger partial charge in [0.1, 0.15) is 4.90 Å². The van der Waals surface area contributed by atoms with Gasteiger partial charge in [-0.25, -0.2) is 13.1 Å². The second kappa shape index (κ2) is 5.55. The fourth-order valence-electron chi connectivity index (χ4n) is 1.20. The van der Waals surface area contributed by atoms with Gasteiger partial charge in [0, 0.05) is 5.54 Å². The first-order chi connectivity index (χ1) is 8.09. The van der Waals surface area contributed by atoms with E-state index in [0.29, 0.717) is 6.42 Å². The Kier molecular flexibility index (Phi) is 4.95. The lowest BCUT2D eigenvalue weighted by molar-refractivity contribution is 0.439. The summed E-state index contributed by atoms with van der Waals surface area (Å²) in [5, 5.41) is 0.412. The zero-order chi connectivity index (χ0) is 14.1. The Morgan fingerprint density at radius 3 is 2.11 bits per heavy atom. The van der Waals surface area contributed by atoms with Gasteiger partial charge in [-0.2, -0.15) is 0 Å². The highest BCUT2D eigenvalue weighted by Gasteiger charge is 2.27. The first-order valence-electron chi connectivity index (χ1n) is 5.27. The fourth-order valence-corrected chi connectivity index (χ4v) is 3.69. The molecule has 0 unspecified atom stereocenters. The maximum absolute atomic E-state index is 12.2. The van der Waals surface area contributed by atoms with Crippen molar-refractivity contribution in [2.24, 2.45) is 0 Å². The minimum atomic E-state index is -3.73. The predicted octanol–water partition coefficient (Wildman–Crippen LogP) is 4.11. The van der Waals surface area contributed by atoms with Crippen molar-refractivity contribution in [3.05, 3.63) is 27.2 Å². The van der Waals surface area contributed by atoms with E-state index in [4.69, 9.17) is 34.8 Å². The second-order valence-corrected chi connectivity index (χ2v) is 7.41. The first kappa shape index (κ1) is 16.1. The van der Waals surface area contributed by atoms with Gasteiger partial charge in [-0.3, -0.25) is 0 Å². The minimum absolute atomic E-state index is 0.0452. The molecule has 7 heteroatoms. The summed E-state index contributed by atoms with van der Waals surface area (Å²) in [6.07, 6.45) is 0.644. The van der Waals surface area contributed by atoms with Gasteiger partial charge >= 0.3 is 0 Å². The summed E-state index contributed by atoms with van der Waals surface area (Å²) in [5.74, 6) is 0. The molecule has 0 radical (unpaired) electrons. The van der Waals surface area contributed by atoms with Crippen molar-refractivity contribution in [1.82, 2.24) is 4.72 Å². The molecule has 1 aromatic rings. The Hall–Kier alpha value is -0.000000000000000111. The molecule has 1 N–H and O–H groups in total. The molecule has 0 saturated carbocycles. The van der Waals surface area contributed by atoms with Gasteiger partial charge in [0.15, 0.2) is 0 Å². The van der Waals surface area contributed by atoms with Crippen LogP contribution in [0.5, 0.6) is 0 Å². The zero-order valence-electron chi connectivity index (χ0n) is 10.2.